The predicted molar refractivity (Wildman–Crippen MR) is 137 cm³/mol. The molecule has 4 aliphatic carbocycles. The minimum Gasteiger partial charge on any atom is -0.265 e. The third-order valence-electron chi connectivity index (χ3n) is 7.24. The fraction of sp³-hybridized carbons (Fsp3) is 0.308. The summed E-state index contributed by atoms with van der Waals surface area (Å²) in [6.45, 7) is 7.32. The first-order chi connectivity index (χ1) is 17.2. The van der Waals surface area contributed by atoms with Gasteiger partial charge >= 0.3 is 20.2 Å². The van der Waals surface area contributed by atoms with Crippen LogP contribution in [0.3, 0.4) is 0 Å². The molecule has 0 N–H and O–H groups in total. The minimum atomic E-state index is -4.02. The zero-order chi connectivity index (χ0) is 25.5. The van der Waals surface area contributed by atoms with Crippen LogP contribution in [0.4, 0.5) is 0 Å². The first-order valence-electron chi connectivity index (χ1n) is 11.7. The van der Waals surface area contributed by atoms with Gasteiger partial charge in [0.1, 0.15) is 9.79 Å². The highest BCUT2D eigenvalue weighted by Crippen LogP contribution is 2.51. The maximum absolute atomic E-state index is 12.6. The van der Waals surface area contributed by atoms with E-state index < -0.39 is 20.2 Å². The van der Waals surface area contributed by atoms with E-state index in [-0.39, 0.29) is 33.5 Å². The lowest BCUT2D eigenvalue weighted by atomic mass is 9.54. The summed E-state index contributed by atoms with van der Waals surface area (Å²) in [6.07, 6.45) is 6.09. The number of benzene rings is 2. The van der Waals surface area contributed by atoms with E-state index in [0.717, 1.165) is 22.6 Å². The molecule has 0 aromatic heterocycles. The molecule has 8 nitrogen and oxygen atoms in total. The Balaban J connectivity index is 1.27. The van der Waals surface area contributed by atoms with Crippen LogP contribution in [0.25, 0.3) is 12.2 Å². The molecule has 0 heterocycles. The van der Waals surface area contributed by atoms with Crippen molar-refractivity contribution in [1.29, 1.82) is 0 Å². The van der Waals surface area contributed by atoms with Crippen LogP contribution in [-0.2, 0) is 28.8 Å². The molecule has 0 saturated heterocycles. The Labute approximate surface area is 211 Å². The molecule has 0 amide bonds. The maximum Gasteiger partial charge on any atom is 0.358 e. The fourth-order valence-corrected chi connectivity index (χ4v) is 6.98. The molecule has 2 aromatic rings. The number of hydrogen-bond acceptors (Lipinski definition) is 8. The molecule has 36 heavy (non-hydrogen) atoms. The zero-order valence-electron chi connectivity index (χ0n) is 19.5. The van der Waals surface area contributed by atoms with E-state index in [1.54, 1.807) is 36.4 Å². The van der Waals surface area contributed by atoms with Crippen molar-refractivity contribution in [3.8, 4) is 0 Å². The van der Waals surface area contributed by atoms with Crippen molar-refractivity contribution in [2.45, 2.75) is 35.5 Å². The molecule has 4 fully saturated rings. The first kappa shape index (κ1) is 24.5. The van der Waals surface area contributed by atoms with E-state index in [0.29, 0.717) is 25.7 Å². The van der Waals surface area contributed by atoms with E-state index >= 15 is 0 Å². The summed E-state index contributed by atoms with van der Waals surface area (Å²) in [5, 5.41) is 8.22. The van der Waals surface area contributed by atoms with E-state index in [4.69, 9.17) is 8.57 Å². The Bertz CT molecular complexity index is 1310. The first-order valence-corrected chi connectivity index (χ1v) is 14.5. The van der Waals surface area contributed by atoms with Gasteiger partial charge in [-0.3, -0.25) is 8.57 Å². The van der Waals surface area contributed by atoms with Gasteiger partial charge in [-0.15, -0.1) is 0 Å². The van der Waals surface area contributed by atoms with Crippen LogP contribution in [0.15, 0.2) is 81.8 Å². The van der Waals surface area contributed by atoms with Crippen LogP contribution < -0.4 is 0 Å². The van der Waals surface area contributed by atoms with Crippen molar-refractivity contribution >= 4 is 43.8 Å². The number of oxime groups is 2. The number of rotatable bonds is 8. The van der Waals surface area contributed by atoms with Crippen molar-refractivity contribution in [2.75, 3.05) is 0 Å². The molecule has 4 aliphatic rings. The van der Waals surface area contributed by atoms with Crippen LogP contribution in [0.2, 0.25) is 0 Å². The van der Waals surface area contributed by atoms with Gasteiger partial charge in [-0.1, -0.05) is 59.9 Å². The van der Waals surface area contributed by atoms with Crippen molar-refractivity contribution < 1.29 is 25.4 Å². The summed E-state index contributed by atoms with van der Waals surface area (Å²) in [7, 11) is -8.04. The molecule has 0 aliphatic heterocycles. The Morgan fingerprint density at radius 2 is 0.917 bits per heavy atom. The molecular weight excluding hydrogens is 500 g/mol. The third-order valence-corrected chi connectivity index (χ3v) is 9.48. The number of nitrogens with zero attached hydrogens (tertiary/aromatic N) is 2. The highest BCUT2D eigenvalue weighted by Gasteiger charge is 2.51. The fourth-order valence-electron chi connectivity index (χ4n) is 5.50. The molecule has 0 radical (unpaired) electrons. The molecule has 10 heteroatoms. The molecule has 0 atom stereocenters. The average Bonchev–Trinajstić information content (AvgIpc) is 2.87. The Morgan fingerprint density at radius 3 is 1.19 bits per heavy atom. The zero-order valence-corrected chi connectivity index (χ0v) is 21.1. The van der Waals surface area contributed by atoms with Crippen LogP contribution >= 0.6 is 0 Å². The van der Waals surface area contributed by atoms with Crippen LogP contribution in [0.5, 0.6) is 0 Å². The van der Waals surface area contributed by atoms with Gasteiger partial charge in [0.25, 0.3) is 0 Å². The summed E-state index contributed by atoms with van der Waals surface area (Å²) in [6, 6.07) is 12.5. The SMILES string of the molecule is C=Cc1ccc(S(=O)(=O)ON=C2C3CC4CC2CC(C3)C4=NOS(=O)(=O)c2ccc(C=C)cc2)cc1. The molecule has 2 aromatic carbocycles. The van der Waals surface area contributed by atoms with E-state index in [1.165, 1.54) is 24.3 Å². The largest absolute Gasteiger partial charge is 0.358 e. The quantitative estimate of drug-likeness (QED) is 0.454. The van der Waals surface area contributed by atoms with E-state index in [9.17, 15) is 16.8 Å². The normalized spacial score (nSPS) is 24.8. The lowest BCUT2D eigenvalue weighted by Crippen LogP contribution is -2.51. The third kappa shape index (κ3) is 4.62. The van der Waals surface area contributed by atoms with Gasteiger partial charge in [-0.2, -0.15) is 16.8 Å². The molecule has 6 rings (SSSR count). The van der Waals surface area contributed by atoms with Gasteiger partial charge in [0.15, 0.2) is 0 Å². The van der Waals surface area contributed by atoms with Crippen molar-refractivity contribution in [1.82, 2.24) is 0 Å². The average molecular weight is 527 g/mol. The molecule has 4 bridgehead atoms. The van der Waals surface area contributed by atoms with Gasteiger partial charge in [0.2, 0.25) is 0 Å². The second-order valence-electron chi connectivity index (χ2n) is 9.37. The van der Waals surface area contributed by atoms with Gasteiger partial charge in [0, 0.05) is 23.7 Å². The van der Waals surface area contributed by atoms with E-state index in [2.05, 4.69) is 23.5 Å². The summed E-state index contributed by atoms with van der Waals surface area (Å²) in [5.74, 6) is 0.307. The monoisotopic (exact) mass is 526 g/mol. The van der Waals surface area contributed by atoms with Crippen molar-refractivity contribution in [3.05, 3.63) is 72.8 Å². The molecular formula is C26H26N2O6S2. The lowest BCUT2D eigenvalue weighted by molar-refractivity contribution is 0.208. The Morgan fingerprint density at radius 1 is 0.611 bits per heavy atom. The molecule has 0 unspecified atom stereocenters. The maximum atomic E-state index is 12.6. The van der Waals surface area contributed by atoms with Gasteiger partial charge in [-0.25, -0.2) is 0 Å². The second-order valence-corrected chi connectivity index (χ2v) is 12.4. The standard InChI is InChI=1S/C26H26N2O6S2/c1-3-17-5-9-23(10-6-17)35(29,30)33-27-25-19-13-21-15-20(25)16-22(14-19)26(21)28-34-36(31,32)24-11-7-18(4-2)8-12-24/h3-12,19-22H,1-2,13-16H2. The molecule has 0 spiro atoms. The van der Waals surface area contributed by atoms with Crippen LogP contribution in [-0.4, -0.2) is 28.3 Å². The summed E-state index contributed by atoms with van der Waals surface area (Å²) in [4.78, 5) is 0.0707. The Hall–Kier alpha value is -3.24. The predicted octanol–water partition coefficient (Wildman–Crippen LogP) is 4.86. The lowest BCUT2D eigenvalue weighted by Gasteiger charge is -2.50. The van der Waals surface area contributed by atoms with Crippen molar-refractivity contribution in [3.63, 3.8) is 0 Å². The van der Waals surface area contributed by atoms with Gasteiger partial charge < -0.3 is 0 Å². The van der Waals surface area contributed by atoms with Crippen LogP contribution in [0.1, 0.15) is 36.8 Å². The molecule has 188 valence electrons. The highest BCUT2D eigenvalue weighted by atomic mass is 32.2. The minimum absolute atomic E-state index is 0.0353. The van der Waals surface area contributed by atoms with Crippen molar-refractivity contribution in [2.24, 2.45) is 34.0 Å². The summed E-state index contributed by atoms with van der Waals surface area (Å²) >= 11 is 0. The summed E-state index contributed by atoms with van der Waals surface area (Å²) in [5.41, 5.74) is 3.15. The molecule has 4 saturated carbocycles. The Kier molecular flexibility index (Phi) is 6.34. The highest BCUT2D eigenvalue weighted by molar-refractivity contribution is 7.87. The van der Waals surface area contributed by atoms with Crippen LogP contribution in [0, 0.1) is 23.7 Å². The number of hydrogen-bond donors (Lipinski definition) is 0. The topological polar surface area (TPSA) is 111 Å². The summed E-state index contributed by atoms with van der Waals surface area (Å²) < 4.78 is 60.6. The van der Waals surface area contributed by atoms with Gasteiger partial charge in [-0.05, 0) is 61.1 Å². The second kappa shape index (κ2) is 9.33. The van der Waals surface area contributed by atoms with Gasteiger partial charge in [0.05, 0.1) is 11.4 Å². The van der Waals surface area contributed by atoms with E-state index in [1.807, 2.05) is 0 Å². The smallest absolute Gasteiger partial charge is 0.265 e.